The number of carbonyl (C=O) groups excluding carboxylic acids is 2. The summed E-state index contributed by atoms with van der Waals surface area (Å²) < 4.78 is 16.5. The van der Waals surface area contributed by atoms with Crippen LogP contribution in [0.4, 0.5) is 5.69 Å². The standard InChI is InChI=1S/C18H23ClN2O5/c1-12-9-14(15(24-2)10-13(12)19)20-16(22)11-17(23)21-5-3-18(4-6-21)25-7-8-26-18/h9-10H,3-8,11H2,1-2H3,(H,20,22). The van der Waals surface area contributed by atoms with Crippen molar-refractivity contribution in [1.82, 2.24) is 4.90 Å². The molecule has 2 amide bonds. The maximum Gasteiger partial charge on any atom is 0.233 e. The second-order valence-electron chi connectivity index (χ2n) is 6.52. The zero-order valence-corrected chi connectivity index (χ0v) is 15.7. The summed E-state index contributed by atoms with van der Waals surface area (Å²) in [6, 6.07) is 3.36. The molecule has 2 fully saturated rings. The summed E-state index contributed by atoms with van der Waals surface area (Å²) in [5, 5.41) is 3.28. The van der Waals surface area contributed by atoms with Gasteiger partial charge in [0.05, 0.1) is 26.0 Å². The van der Waals surface area contributed by atoms with E-state index in [4.69, 9.17) is 25.8 Å². The first-order chi connectivity index (χ1) is 12.4. The zero-order valence-electron chi connectivity index (χ0n) is 15.0. The highest BCUT2D eigenvalue weighted by Gasteiger charge is 2.40. The minimum Gasteiger partial charge on any atom is -0.495 e. The van der Waals surface area contributed by atoms with Crippen LogP contribution in [0.1, 0.15) is 24.8 Å². The molecule has 3 rings (SSSR count). The number of likely N-dealkylation sites (tertiary alicyclic amines) is 1. The molecule has 142 valence electrons. The number of ether oxygens (including phenoxy) is 3. The molecular weight excluding hydrogens is 360 g/mol. The van der Waals surface area contributed by atoms with Gasteiger partial charge >= 0.3 is 0 Å². The third-order valence-electron chi connectivity index (χ3n) is 4.76. The Morgan fingerprint density at radius 2 is 1.92 bits per heavy atom. The van der Waals surface area contributed by atoms with E-state index < -0.39 is 5.79 Å². The summed E-state index contributed by atoms with van der Waals surface area (Å²) in [6.07, 6.45) is 1.04. The van der Waals surface area contributed by atoms with Crippen molar-refractivity contribution >= 4 is 29.1 Å². The van der Waals surface area contributed by atoms with Gasteiger partial charge in [-0.15, -0.1) is 0 Å². The van der Waals surface area contributed by atoms with Crippen LogP contribution < -0.4 is 10.1 Å². The van der Waals surface area contributed by atoms with Gasteiger partial charge in [0.1, 0.15) is 12.2 Å². The van der Waals surface area contributed by atoms with Gasteiger partial charge in [-0.2, -0.15) is 0 Å². The van der Waals surface area contributed by atoms with E-state index in [9.17, 15) is 9.59 Å². The Balaban J connectivity index is 1.55. The lowest BCUT2D eigenvalue weighted by atomic mass is 10.0. The monoisotopic (exact) mass is 382 g/mol. The number of benzene rings is 1. The van der Waals surface area contributed by atoms with E-state index in [1.165, 1.54) is 7.11 Å². The third kappa shape index (κ3) is 4.11. The molecule has 0 saturated carbocycles. The highest BCUT2D eigenvalue weighted by atomic mass is 35.5. The van der Waals surface area contributed by atoms with Gasteiger partial charge in [-0.3, -0.25) is 9.59 Å². The van der Waals surface area contributed by atoms with Gasteiger partial charge in [-0.25, -0.2) is 0 Å². The average Bonchev–Trinajstić information content (AvgIpc) is 3.06. The first kappa shape index (κ1) is 18.9. The lowest BCUT2D eigenvalue weighted by molar-refractivity contribution is -0.187. The SMILES string of the molecule is COc1cc(Cl)c(C)cc1NC(=O)CC(=O)N1CCC2(CC1)OCCO2. The van der Waals surface area contributed by atoms with Crippen molar-refractivity contribution in [1.29, 1.82) is 0 Å². The summed E-state index contributed by atoms with van der Waals surface area (Å²) in [7, 11) is 1.50. The molecule has 0 aliphatic carbocycles. The molecule has 0 radical (unpaired) electrons. The number of methoxy groups -OCH3 is 1. The highest BCUT2D eigenvalue weighted by molar-refractivity contribution is 6.31. The molecule has 0 unspecified atom stereocenters. The van der Waals surface area contributed by atoms with Crippen LogP contribution in [0, 0.1) is 6.92 Å². The van der Waals surface area contributed by atoms with E-state index in [2.05, 4.69) is 5.32 Å². The smallest absolute Gasteiger partial charge is 0.233 e. The first-order valence-corrected chi connectivity index (χ1v) is 9.00. The quantitative estimate of drug-likeness (QED) is 0.809. The van der Waals surface area contributed by atoms with Crippen molar-refractivity contribution in [3.8, 4) is 5.75 Å². The van der Waals surface area contributed by atoms with Crippen LogP contribution in [0.5, 0.6) is 5.75 Å². The normalized spacial score (nSPS) is 18.8. The lowest BCUT2D eigenvalue weighted by Crippen LogP contribution is -2.47. The van der Waals surface area contributed by atoms with Gasteiger partial charge in [-0.05, 0) is 18.6 Å². The minimum absolute atomic E-state index is 0.208. The number of carbonyl (C=O) groups is 2. The molecule has 7 nitrogen and oxygen atoms in total. The van der Waals surface area contributed by atoms with Gasteiger partial charge in [0.25, 0.3) is 0 Å². The van der Waals surface area contributed by atoms with Crippen molar-refractivity contribution in [3.63, 3.8) is 0 Å². The third-order valence-corrected chi connectivity index (χ3v) is 5.17. The van der Waals surface area contributed by atoms with Gasteiger partial charge in [0, 0.05) is 37.0 Å². The molecule has 1 N–H and O–H groups in total. The van der Waals surface area contributed by atoms with Crippen LogP contribution >= 0.6 is 11.6 Å². The lowest BCUT2D eigenvalue weighted by Gasteiger charge is -2.37. The van der Waals surface area contributed by atoms with E-state index in [0.29, 0.717) is 55.6 Å². The number of piperidine rings is 1. The Kier molecular flexibility index (Phi) is 5.70. The van der Waals surface area contributed by atoms with Crippen LogP contribution in [0.3, 0.4) is 0 Å². The van der Waals surface area contributed by atoms with E-state index in [1.807, 2.05) is 6.92 Å². The number of aryl methyl sites for hydroxylation is 1. The van der Waals surface area contributed by atoms with Crippen LogP contribution in [-0.4, -0.2) is 55.9 Å². The molecule has 0 atom stereocenters. The highest BCUT2D eigenvalue weighted by Crippen LogP contribution is 2.32. The van der Waals surface area contributed by atoms with Crippen molar-refractivity contribution in [2.45, 2.75) is 32.0 Å². The average molecular weight is 383 g/mol. The maximum absolute atomic E-state index is 12.4. The molecule has 1 aromatic carbocycles. The Bertz CT molecular complexity index is 693. The second-order valence-corrected chi connectivity index (χ2v) is 6.92. The largest absolute Gasteiger partial charge is 0.495 e. The molecule has 8 heteroatoms. The number of nitrogens with zero attached hydrogens (tertiary/aromatic N) is 1. The van der Waals surface area contributed by atoms with Crippen molar-refractivity contribution in [2.75, 3.05) is 38.7 Å². The second kappa shape index (κ2) is 7.82. The van der Waals surface area contributed by atoms with Gasteiger partial charge in [-0.1, -0.05) is 11.6 Å². The molecule has 26 heavy (non-hydrogen) atoms. The van der Waals surface area contributed by atoms with E-state index in [-0.39, 0.29) is 18.2 Å². The molecule has 2 aliphatic heterocycles. The molecule has 1 spiro atoms. The van der Waals surface area contributed by atoms with E-state index in [1.54, 1.807) is 17.0 Å². The van der Waals surface area contributed by atoms with Crippen molar-refractivity contribution < 1.29 is 23.8 Å². The molecule has 1 aromatic rings. The topological polar surface area (TPSA) is 77.1 Å². The fourth-order valence-electron chi connectivity index (χ4n) is 3.26. The van der Waals surface area contributed by atoms with E-state index >= 15 is 0 Å². The minimum atomic E-state index is -0.534. The number of amides is 2. The summed E-state index contributed by atoms with van der Waals surface area (Å²) in [5.41, 5.74) is 1.31. The number of rotatable bonds is 4. The van der Waals surface area contributed by atoms with Crippen LogP contribution in [0.25, 0.3) is 0 Å². The summed E-state index contributed by atoms with van der Waals surface area (Å²) in [4.78, 5) is 26.4. The molecular formula is C18H23ClN2O5. The van der Waals surface area contributed by atoms with Crippen LogP contribution in [0.2, 0.25) is 5.02 Å². The predicted molar refractivity (Wildman–Crippen MR) is 96.4 cm³/mol. The summed E-state index contributed by atoms with van der Waals surface area (Å²) in [6.45, 7) is 4.07. The van der Waals surface area contributed by atoms with Crippen molar-refractivity contribution in [3.05, 3.63) is 22.7 Å². The fraction of sp³-hybridized carbons (Fsp3) is 0.556. The van der Waals surface area contributed by atoms with Crippen LogP contribution in [0.15, 0.2) is 12.1 Å². The van der Waals surface area contributed by atoms with Gasteiger partial charge in [0.15, 0.2) is 5.79 Å². The number of hydrogen-bond donors (Lipinski definition) is 1. The molecule has 0 aromatic heterocycles. The van der Waals surface area contributed by atoms with Gasteiger partial charge < -0.3 is 24.4 Å². The Morgan fingerprint density at radius 3 is 2.54 bits per heavy atom. The van der Waals surface area contributed by atoms with Crippen LogP contribution in [-0.2, 0) is 19.1 Å². The summed E-state index contributed by atoms with van der Waals surface area (Å²) >= 11 is 6.06. The number of anilines is 1. The molecule has 2 saturated heterocycles. The predicted octanol–water partition coefficient (Wildman–Crippen LogP) is 2.35. The fourth-order valence-corrected chi connectivity index (χ4v) is 3.41. The van der Waals surface area contributed by atoms with Crippen molar-refractivity contribution in [2.24, 2.45) is 0 Å². The first-order valence-electron chi connectivity index (χ1n) is 8.62. The van der Waals surface area contributed by atoms with E-state index in [0.717, 1.165) is 5.56 Å². The Hall–Kier alpha value is -1.83. The Labute approximate surface area is 157 Å². The number of hydrogen-bond acceptors (Lipinski definition) is 5. The molecule has 2 heterocycles. The number of halogens is 1. The zero-order chi connectivity index (χ0) is 18.7. The number of nitrogens with one attached hydrogen (secondary N) is 1. The molecule has 2 aliphatic rings. The maximum atomic E-state index is 12.4. The molecule has 0 bridgehead atoms. The van der Waals surface area contributed by atoms with Gasteiger partial charge in [0.2, 0.25) is 11.8 Å². The summed E-state index contributed by atoms with van der Waals surface area (Å²) in [5.74, 6) is -0.673. The Morgan fingerprint density at radius 1 is 1.27 bits per heavy atom.